The molecule has 0 amide bonds. The standard InChI is InChI=1S/C56H36N2S/c1-2-12-43(13-3-1)57(45-29-22-39(23-30-45)42-26-35-54-50(36-42)49-16-8-9-17-53(49)59-54)44-27-18-37(19-28-44)38-20-31-46(32-21-38)58-51-33-24-40-10-4-6-14-47(40)55(51)56-48-15-7-5-11-41(48)25-34-52(56)58/h1-36H. The number of nitrogens with zero attached hydrogens (tertiary/aromatic N) is 2. The van der Waals surface area contributed by atoms with Gasteiger partial charge in [0.2, 0.25) is 0 Å². The number of rotatable bonds is 6. The molecule has 2 nitrogen and oxygen atoms in total. The highest BCUT2D eigenvalue weighted by Gasteiger charge is 2.18. The first kappa shape index (κ1) is 33.7. The lowest BCUT2D eigenvalue weighted by atomic mass is 10.00. The molecule has 12 aromatic rings. The van der Waals surface area contributed by atoms with Crippen LogP contribution in [0, 0.1) is 0 Å². The van der Waals surface area contributed by atoms with Crippen LogP contribution in [0.25, 0.3) is 91.5 Å². The van der Waals surface area contributed by atoms with Crippen molar-refractivity contribution in [1.82, 2.24) is 4.57 Å². The fourth-order valence-corrected chi connectivity index (χ4v) is 10.3. The van der Waals surface area contributed by atoms with Crippen LogP contribution in [0.15, 0.2) is 218 Å². The van der Waals surface area contributed by atoms with Crippen LogP contribution >= 0.6 is 11.3 Å². The van der Waals surface area contributed by atoms with Crippen molar-refractivity contribution in [2.75, 3.05) is 4.90 Å². The Labute approximate surface area is 346 Å². The van der Waals surface area contributed by atoms with E-state index in [9.17, 15) is 0 Å². The molecule has 0 fully saturated rings. The number of thiophene rings is 1. The summed E-state index contributed by atoms with van der Waals surface area (Å²) in [6.45, 7) is 0. The smallest absolute Gasteiger partial charge is 0.0547 e. The summed E-state index contributed by atoms with van der Waals surface area (Å²) < 4.78 is 5.09. The maximum absolute atomic E-state index is 2.43. The van der Waals surface area contributed by atoms with Crippen LogP contribution in [-0.4, -0.2) is 4.57 Å². The Hall–Kier alpha value is -7.46. The zero-order valence-electron chi connectivity index (χ0n) is 32.1. The molecule has 2 aromatic heterocycles. The second kappa shape index (κ2) is 13.6. The van der Waals surface area contributed by atoms with Crippen LogP contribution in [0.5, 0.6) is 0 Å². The van der Waals surface area contributed by atoms with Gasteiger partial charge in [-0.2, -0.15) is 0 Å². The van der Waals surface area contributed by atoms with Crippen LogP contribution in [0.3, 0.4) is 0 Å². The van der Waals surface area contributed by atoms with Crippen molar-refractivity contribution in [3.05, 3.63) is 218 Å². The van der Waals surface area contributed by atoms with Crippen LogP contribution in [0.4, 0.5) is 17.1 Å². The van der Waals surface area contributed by atoms with Gasteiger partial charge in [0.1, 0.15) is 0 Å². The molecule has 0 aliphatic heterocycles. The van der Waals surface area contributed by atoms with Crippen LogP contribution in [0.2, 0.25) is 0 Å². The van der Waals surface area contributed by atoms with Crippen molar-refractivity contribution in [3.63, 3.8) is 0 Å². The predicted molar refractivity (Wildman–Crippen MR) is 254 cm³/mol. The molecule has 2 heterocycles. The van der Waals surface area contributed by atoms with E-state index in [-0.39, 0.29) is 0 Å². The van der Waals surface area contributed by atoms with E-state index in [1.54, 1.807) is 0 Å². The van der Waals surface area contributed by atoms with Gasteiger partial charge in [0.15, 0.2) is 0 Å². The average molecular weight is 769 g/mol. The summed E-state index contributed by atoms with van der Waals surface area (Å²) in [5.74, 6) is 0. The summed E-state index contributed by atoms with van der Waals surface area (Å²) in [5.41, 5.74) is 11.7. The number of hydrogen-bond donors (Lipinski definition) is 0. The molecule has 276 valence electrons. The number of hydrogen-bond acceptors (Lipinski definition) is 2. The van der Waals surface area contributed by atoms with Crippen LogP contribution in [0.1, 0.15) is 0 Å². The summed E-state index contributed by atoms with van der Waals surface area (Å²) in [6, 6.07) is 79.8. The molecular formula is C56H36N2S. The Kier molecular flexibility index (Phi) is 7.75. The summed E-state index contributed by atoms with van der Waals surface area (Å²) >= 11 is 1.86. The fourth-order valence-electron chi connectivity index (χ4n) is 9.16. The Bertz CT molecular complexity index is 3430. The third kappa shape index (κ3) is 5.55. The van der Waals surface area contributed by atoms with Gasteiger partial charge < -0.3 is 9.47 Å². The van der Waals surface area contributed by atoms with Crippen molar-refractivity contribution >= 4 is 91.9 Å². The van der Waals surface area contributed by atoms with Gasteiger partial charge in [-0.25, -0.2) is 0 Å². The maximum Gasteiger partial charge on any atom is 0.0547 e. The number of aromatic nitrogens is 1. The van der Waals surface area contributed by atoms with E-state index in [0.29, 0.717) is 0 Å². The predicted octanol–water partition coefficient (Wildman–Crippen LogP) is 16.3. The maximum atomic E-state index is 2.43. The molecular weight excluding hydrogens is 733 g/mol. The number of anilines is 3. The van der Waals surface area contributed by atoms with Crippen molar-refractivity contribution in [2.24, 2.45) is 0 Å². The highest BCUT2D eigenvalue weighted by Crippen LogP contribution is 2.42. The summed E-state index contributed by atoms with van der Waals surface area (Å²) in [7, 11) is 0. The monoisotopic (exact) mass is 768 g/mol. The zero-order chi connectivity index (χ0) is 38.9. The third-order valence-electron chi connectivity index (χ3n) is 12.0. The summed E-state index contributed by atoms with van der Waals surface area (Å²) in [6.07, 6.45) is 0. The molecule has 10 aromatic carbocycles. The summed E-state index contributed by atoms with van der Waals surface area (Å²) in [4.78, 5) is 2.34. The average Bonchev–Trinajstić information content (AvgIpc) is 3.86. The molecule has 59 heavy (non-hydrogen) atoms. The first-order valence-corrected chi connectivity index (χ1v) is 21.0. The molecule has 0 radical (unpaired) electrons. The normalized spacial score (nSPS) is 11.7. The first-order valence-electron chi connectivity index (χ1n) is 20.2. The molecule has 0 spiro atoms. The number of benzene rings is 10. The van der Waals surface area contributed by atoms with E-state index in [4.69, 9.17) is 0 Å². The van der Waals surface area contributed by atoms with Crippen molar-refractivity contribution < 1.29 is 0 Å². The van der Waals surface area contributed by atoms with Crippen molar-refractivity contribution in [3.8, 4) is 27.9 Å². The first-order chi connectivity index (χ1) is 29.2. The van der Waals surface area contributed by atoms with Crippen molar-refractivity contribution in [2.45, 2.75) is 0 Å². The molecule has 0 atom stereocenters. The van der Waals surface area contributed by atoms with E-state index in [1.165, 1.54) is 85.8 Å². The van der Waals surface area contributed by atoms with E-state index in [1.807, 2.05) is 11.3 Å². The van der Waals surface area contributed by atoms with Crippen molar-refractivity contribution in [1.29, 1.82) is 0 Å². The molecule has 0 bridgehead atoms. The van der Waals surface area contributed by atoms with E-state index in [0.717, 1.165) is 22.7 Å². The van der Waals surface area contributed by atoms with E-state index < -0.39 is 0 Å². The van der Waals surface area contributed by atoms with E-state index in [2.05, 4.69) is 228 Å². The molecule has 0 N–H and O–H groups in total. The Balaban J connectivity index is 0.889. The molecule has 0 aliphatic rings. The Morgan fingerprint density at radius 3 is 1.39 bits per heavy atom. The second-order valence-electron chi connectivity index (χ2n) is 15.3. The highest BCUT2D eigenvalue weighted by atomic mass is 32.1. The van der Waals surface area contributed by atoms with Crippen LogP contribution in [-0.2, 0) is 0 Å². The largest absolute Gasteiger partial charge is 0.311 e. The van der Waals surface area contributed by atoms with Gasteiger partial charge in [-0.1, -0.05) is 140 Å². The molecule has 0 aliphatic carbocycles. The highest BCUT2D eigenvalue weighted by molar-refractivity contribution is 7.25. The van der Waals surface area contributed by atoms with Gasteiger partial charge in [0.25, 0.3) is 0 Å². The van der Waals surface area contributed by atoms with E-state index >= 15 is 0 Å². The molecule has 12 rings (SSSR count). The van der Waals surface area contributed by atoms with Gasteiger partial charge in [0, 0.05) is 53.7 Å². The minimum atomic E-state index is 1.11. The van der Waals surface area contributed by atoms with Gasteiger partial charge in [-0.15, -0.1) is 11.3 Å². The minimum absolute atomic E-state index is 1.11. The lowest BCUT2D eigenvalue weighted by Crippen LogP contribution is -2.09. The number of para-hydroxylation sites is 1. The molecule has 3 heteroatoms. The zero-order valence-corrected chi connectivity index (χ0v) is 32.9. The Morgan fingerprint density at radius 2 is 0.780 bits per heavy atom. The summed E-state index contributed by atoms with van der Waals surface area (Å²) in [5, 5.41) is 10.3. The molecule has 0 saturated carbocycles. The minimum Gasteiger partial charge on any atom is -0.311 e. The SMILES string of the molecule is c1ccc(N(c2ccc(-c3ccc(-n4c5ccc6ccccc6c5c5c6ccccc6ccc54)cc3)cc2)c2ccc(-c3ccc4sc5ccccc5c4c3)cc2)cc1. The van der Waals surface area contributed by atoms with Gasteiger partial charge in [0.05, 0.1) is 11.0 Å². The number of fused-ring (bicyclic) bond motifs is 10. The van der Waals surface area contributed by atoms with Gasteiger partial charge >= 0.3 is 0 Å². The molecule has 0 saturated heterocycles. The Morgan fingerprint density at radius 1 is 0.322 bits per heavy atom. The lowest BCUT2D eigenvalue weighted by molar-refractivity contribution is 1.18. The fraction of sp³-hybridized carbons (Fsp3) is 0. The second-order valence-corrected chi connectivity index (χ2v) is 16.4. The van der Waals surface area contributed by atoms with Crippen LogP contribution < -0.4 is 4.90 Å². The quantitative estimate of drug-likeness (QED) is 0.164. The topological polar surface area (TPSA) is 8.17 Å². The van der Waals surface area contributed by atoms with Gasteiger partial charge in [-0.3, -0.25) is 0 Å². The lowest BCUT2D eigenvalue weighted by Gasteiger charge is -2.26. The third-order valence-corrected chi connectivity index (χ3v) is 13.1. The molecule has 0 unspecified atom stereocenters. The van der Waals surface area contributed by atoms with Gasteiger partial charge in [-0.05, 0) is 123 Å².